The number of nitrogens with zero attached hydrogens (tertiary/aromatic N) is 4. The Bertz CT molecular complexity index is 816. The van der Waals surface area contributed by atoms with Gasteiger partial charge in [-0.1, -0.05) is 11.6 Å². The summed E-state index contributed by atoms with van der Waals surface area (Å²) < 4.78 is 7.33. The first-order chi connectivity index (χ1) is 14.0. The van der Waals surface area contributed by atoms with Crippen molar-refractivity contribution in [2.75, 3.05) is 44.6 Å². The van der Waals surface area contributed by atoms with Gasteiger partial charge in [-0.3, -0.25) is 19.2 Å². The largest absolute Gasteiger partial charge is 0.492 e. The highest BCUT2D eigenvalue weighted by atomic mass is 35.5. The quantitative estimate of drug-likeness (QED) is 0.708. The maximum Gasteiger partial charge on any atom is 0.226 e. The monoisotopic (exact) mass is 419 g/mol. The molecular weight excluding hydrogens is 394 g/mol. The van der Waals surface area contributed by atoms with Crippen molar-refractivity contribution in [3.8, 4) is 5.75 Å². The van der Waals surface area contributed by atoms with Crippen LogP contribution in [-0.4, -0.2) is 70.7 Å². The highest BCUT2D eigenvalue weighted by Gasteiger charge is 2.21. The molecule has 0 bridgehead atoms. The van der Waals surface area contributed by atoms with Gasteiger partial charge in [0.25, 0.3) is 0 Å². The molecule has 0 atom stereocenters. The van der Waals surface area contributed by atoms with Gasteiger partial charge in [0.05, 0.1) is 0 Å². The predicted molar refractivity (Wildman–Crippen MR) is 111 cm³/mol. The molecule has 1 fully saturated rings. The Labute approximate surface area is 175 Å². The Morgan fingerprint density at radius 3 is 2.48 bits per heavy atom. The second-order valence-electron chi connectivity index (χ2n) is 6.95. The number of amides is 2. The van der Waals surface area contributed by atoms with E-state index in [9.17, 15) is 9.59 Å². The first-order valence-corrected chi connectivity index (χ1v) is 10.1. The molecule has 1 aliphatic rings. The average Bonchev–Trinajstić information content (AvgIpc) is 3.12. The summed E-state index contributed by atoms with van der Waals surface area (Å²) in [7, 11) is 1.78. The lowest BCUT2D eigenvalue weighted by Gasteiger charge is -2.34. The van der Waals surface area contributed by atoms with Gasteiger partial charge < -0.3 is 15.0 Å². The fraction of sp³-hybridized carbons (Fsp3) is 0.450. The molecule has 2 aromatic rings. The van der Waals surface area contributed by atoms with Gasteiger partial charge in [0.2, 0.25) is 11.8 Å². The van der Waals surface area contributed by atoms with E-state index in [2.05, 4.69) is 15.3 Å². The third kappa shape index (κ3) is 6.76. The van der Waals surface area contributed by atoms with E-state index < -0.39 is 0 Å². The summed E-state index contributed by atoms with van der Waals surface area (Å²) in [4.78, 5) is 28.4. The molecule has 0 saturated carbocycles. The highest BCUT2D eigenvalue weighted by Crippen LogP contribution is 2.15. The molecule has 0 radical (unpaired) electrons. The van der Waals surface area contributed by atoms with Crippen LogP contribution in [0.4, 0.5) is 5.82 Å². The van der Waals surface area contributed by atoms with Crippen LogP contribution in [0.2, 0.25) is 5.02 Å². The molecule has 3 rings (SSSR count). The molecule has 1 N–H and O–H groups in total. The maximum absolute atomic E-state index is 12.4. The van der Waals surface area contributed by atoms with Crippen LogP contribution in [0.5, 0.6) is 5.75 Å². The molecular formula is C20H26ClN5O3. The molecule has 1 saturated heterocycles. The number of aromatic nitrogens is 2. The lowest BCUT2D eigenvalue weighted by Crippen LogP contribution is -2.49. The lowest BCUT2D eigenvalue weighted by atomic mass is 10.2. The third-order valence-corrected chi connectivity index (χ3v) is 5.01. The van der Waals surface area contributed by atoms with Gasteiger partial charge in [0, 0.05) is 69.9 Å². The molecule has 0 unspecified atom stereocenters. The summed E-state index contributed by atoms with van der Waals surface area (Å²) in [5, 5.41) is 7.48. The highest BCUT2D eigenvalue weighted by molar-refractivity contribution is 6.30. The number of rotatable bonds is 8. The number of ether oxygens (including phenoxy) is 1. The van der Waals surface area contributed by atoms with E-state index >= 15 is 0 Å². The number of hydrogen-bond acceptors (Lipinski definition) is 5. The molecule has 1 aromatic heterocycles. The summed E-state index contributed by atoms with van der Waals surface area (Å²) in [5.41, 5.74) is 0. The second kappa shape index (κ2) is 10.3. The molecule has 2 heterocycles. The van der Waals surface area contributed by atoms with Crippen LogP contribution in [0.1, 0.15) is 12.8 Å². The normalized spacial score (nSPS) is 14.6. The van der Waals surface area contributed by atoms with Crippen molar-refractivity contribution in [1.29, 1.82) is 0 Å². The van der Waals surface area contributed by atoms with Crippen molar-refractivity contribution in [3.05, 3.63) is 41.6 Å². The molecule has 1 aliphatic heterocycles. The standard InChI is InChI=1S/C20H26ClN5O3/c1-24-9-8-18(23-24)22-19(27)6-7-20(28)26-12-10-25(11-13-26)14-15-29-17-4-2-16(21)3-5-17/h2-5,8-9H,6-7,10-15H2,1H3,(H,22,23,27). The minimum atomic E-state index is -0.199. The van der Waals surface area contributed by atoms with Gasteiger partial charge in [-0.2, -0.15) is 5.10 Å². The minimum absolute atomic E-state index is 0.0123. The predicted octanol–water partition coefficient (Wildman–Crippen LogP) is 2.02. The van der Waals surface area contributed by atoms with E-state index in [4.69, 9.17) is 16.3 Å². The fourth-order valence-electron chi connectivity index (χ4n) is 3.11. The number of hydrogen-bond donors (Lipinski definition) is 1. The van der Waals surface area contributed by atoms with Crippen LogP contribution in [0, 0.1) is 0 Å². The first-order valence-electron chi connectivity index (χ1n) is 9.67. The smallest absolute Gasteiger partial charge is 0.226 e. The Balaban J connectivity index is 1.30. The van der Waals surface area contributed by atoms with Crippen LogP contribution < -0.4 is 10.1 Å². The number of carbonyl (C=O) groups is 2. The van der Waals surface area contributed by atoms with E-state index in [0.29, 0.717) is 30.5 Å². The molecule has 156 valence electrons. The Kier molecular flexibility index (Phi) is 7.48. The van der Waals surface area contributed by atoms with Crippen molar-refractivity contribution < 1.29 is 14.3 Å². The molecule has 8 nitrogen and oxygen atoms in total. The molecule has 1 aromatic carbocycles. The van der Waals surface area contributed by atoms with Gasteiger partial charge in [-0.05, 0) is 24.3 Å². The van der Waals surface area contributed by atoms with Crippen LogP contribution in [-0.2, 0) is 16.6 Å². The van der Waals surface area contributed by atoms with E-state index in [-0.39, 0.29) is 24.7 Å². The van der Waals surface area contributed by atoms with Crippen LogP contribution in [0.25, 0.3) is 0 Å². The zero-order chi connectivity index (χ0) is 20.6. The minimum Gasteiger partial charge on any atom is -0.492 e. The maximum atomic E-state index is 12.4. The Morgan fingerprint density at radius 2 is 1.83 bits per heavy atom. The van der Waals surface area contributed by atoms with Gasteiger partial charge in [0.1, 0.15) is 12.4 Å². The van der Waals surface area contributed by atoms with E-state index in [1.165, 1.54) is 0 Å². The third-order valence-electron chi connectivity index (χ3n) is 4.76. The number of anilines is 1. The van der Waals surface area contributed by atoms with Crippen LogP contribution in [0.15, 0.2) is 36.5 Å². The van der Waals surface area contributed by atoms with Gasteiger partial charge in [-0.25, -0.2) is 0 Å². The van der Waals surface area contributed by atoms with Crippen molar-refractivity contribution in [2.45, 2.75) is 12.8 Å². The van der Waals surface area contributed by atoms with Crippen LogP contribution in [0.3, 0.4) is 0 Å². The van der Waals surface area contributed by atoms with Crippen molar-refractivity contribution in [3.63, 3.8) is 0 Å². The Hall–Kier alpha value is -2.58. The zero-order valence-corrected chi connectivity index (χ0v) is 17.3. The molecule has 0 aliphatic carbocycles. The topological polar surface area (TPSA) is 79.7 Å². The molecule has 2 amide bonds. The lowest BCUT2D eigenvalue weighted by molar-refractivity contribution is -0.134. The average molecular weight is 420 g/mol. The van der Waals surface area contributed by atoms with Gasteiger partial charge in [-0.15, -0.1) is 0 Å². The number of benzene rings is 1. The fourth-order valence-corrected chi connectivity index (χ4v) is 3.24. The molecule has 29 heavy (non-hydrogen) atoms. The van der Waals surface area contributed by atoms with Crippen molar-refractivity contribution in [2.24, 2.45) is 7.05 Å². The van der Waals surface area contributed by atoms with Gasteiger partial charge >= 0.3 is 0 Å². The van der Waals surface area contributed by atoms with Crippen molar-refractivity contribution >= 4 is 29.2 Å². The number of carbonyl (C=O) groups excluding carboxylic acids is 2. The van der Waals surface area contributed by atoms with Crippen molar-refractivity contribution in [1.82, 2.24) is 19.6 Å². The molecule has 0 spiro atoms. The Morgan fingerprint density at radius 1 is 1.10 bits per heavy atom. The van der Waals surface area contributed by atoms with E-state index in [0.717, 1.165) is 25.4 Å². The number of piperazine rings is 1. The van der Waals surface area contributed by atoms with Gasteiger partial charge in [0.15, 0.2) is 5.82 Å². The SMILES string of the molecule is Cn1ccc(NC(=O)CCC(=O)N2CCN(CCOc3ccc(Cl)cc3)CC2)n1. The first kappa shape index (κ1) is 21.1. The number of nitrogens with one attached hydrogen (secondary N) is 1. The summed E-state index contributed by atoms with van der Waals surface area (Å²) in [6, 6.07) is 9.03. The second-order valence-corrected chi connectivity index (χ2v) is 7.38. The van der Waals surface area contributed by atoms with E-state index in [1.54, 1.807) is 36.1 Å². The summed E-state index contributed by atoms with van der Waals surface area (Å²) >= 11 is 5.86. The van der Waals surface area contributed by atoms with E-state index in [1.807, 2.05) is 17.0 Å². The summed E-state index contributed by atoms with van der Waals surface area (Å²) in [6.45, 7) is 4.33. The number of aryl methyl sites for hydroxylation is 1. The number of halogens is 1. The summed E-state index contributed by atoms with van der Waals surface area (Å²) in [5.74, 6) is 1.11. The summed E-state index contributed by atoms with van der Waals surface area (Å²) in [6.07, 6.45) is 2.11. The zero-order valence-electron chi connectivity index (χ0n) is 16.5. The molecule has 9 heteroatoms. The van der Waals surface area contributed by atoms with Crippen LogP contribution >= 0.6 is 11.6 Å².